The molecule has 0 unspecified atom stereocenters. The van der Waals surface area contributed by atoms with Crippen LogP contribution >= 0.6 is 0 Å². The summed E-state index contributed by atoms with van der Waals surface area (Å²) >= 11 is 0. The van der Waals surface area contributed by atoms with Crippen LogP contribution in [0.1, 0.15) is 0 Å². The highest BCUT2D eigenvalue weighted by Gasteiger charge is 2.21. The van der Waals surface area contributed by atoms with Crippen LogP contribution in [0.5, 0.6) is 5.75 Å². The van der Waals surface area contributed by atoms with Gasteiger partial charge in [-0.2, -0.15) is 10.1 Å². The van der Waals surface area contributed by atoms with Crippen LogP contribution in [-0.4, -0.2) is 30.3 Å². The first kappa shape index (κ1) is 13.1. The van der Waals surface area contributed by atoms with Gasteiger partial charge in [0.1, 0.15) is 17.0 Å². The molecule has 3 N–H and O–H groups in total. The monoisotopic (exact) mass is 283 g/mol. The van der Waals surface area contributed by atoms with Crippen molar-refractivity contribution in [3.05, 3.63) is 24.5 Å². The van der Waals surface area contributed by atoms with Crippen molar-refractivity contribution in [1.82, 2.24) is 14.8 Å². The number of methoxy groups -OCH3 is 1. The number of ether oxygens (including phenoxy) is 1. The lowest BCUT2D eigenvalue weighted by Gasteiger charge is -2.11. The minimum Gasteiger partial charge on any atom is -0.495 e. The van der Waals surface area contributed by atoms with Gasteiger partial charge < -0.3 is 10.5 Å². The summed E-state index contributed by atoms with van der Waals surface area (Å²) in [5.74, 6) is 0.299. The molecular weight excluding hydrogens is 270 g/mol. The van der Waals surface area contributed by atoms with E-state index >= 15 is 0 Å². The maximum absolute atomic E-state index is 12.3. The molecule has 0 amide bonds. The molecule has 19 heavy (non-hydrogen) atoms. The number of hydrogen-bond acceptors (Lipinski definition) is 6. The number of nitrogens with two attached hydrogens (primary N) is 1. The largest absolute Gasteiger partial charge is 0.495 e. The third-order valence-corrected chi connectivity index (χ3v) is 3.76. The summed E-state index contributed by atoms with van der Waals surface area (Å²) in [5.41, 5.74) is 5.92. The molecule has 102 valence electrons. The standard InChI is InChI=1S/C10H13N5O3S/c1-15-10(12-6-13-15)14-19(16,17)9-5-7(11)3-4-8(9)18-2/h3-6H,11H2,1-2H3,(H,12,13,14). The number of nitrogen functional groups attached to an aromatic ring is 1. The van der Waals surface area contributed by atoms with Gasteiger partial charge in [-0.1, -0.05) is 0 Å². The van der Waals surface area contributed by atoms with Crippen LogP contribution < -0.4 is 15.2 Å². The van der Waals surface area contributed by atoms with Crippen LogP contribution in [0.15, 0.2) is 29.4 Å². The van der Waals surface area contributed by atoms with Crippen molar-refractivity contribution >= 4 is 21.7 Å². The molecule has 0 aliphatic heterocycles. The highest BCUT2D eigenvalue weighted by Crippen LogP contribution is 2.27. The van der Waals surface area contributed by atoms with Crippen LogP contribution in [0.3, 0.4) is 0 Å². The van der Waals surface area contributed by atoms with Crippen molar-refractivity contribution in [2.45, 2.75) is 4.90 Å². The van der Waals surface area contributed by atoms with Gasteiger partial charge in [-0.3, -0.25) is 0 Å². The van der Waals surface area contributed by atoms with E-state index in [0.717, 1.165) is 0 Å². The maximum atomic E-state index is 12.3. The van der Waals surface area contributed by atoms with E-state index in [9.17, 15) is 8.42 Å². The Morgan fingerprint density at radius 2 is 2.16 bits per heavy atom. The van der Waals surface area contributed by atoms with Gasteiger partial charge in [-0.05, 0) is 18.2 Å². The molecule has 8 nitrogen and oxygen atoms in total. The number of rotatable bonds is 4. The van der Waals surface area contributed by atoms with E-state index in [2.05, 4.69) is 14.8 Å². The predicted molar refractivity (Wildman–Crippen MR) is 69.2 cm³/mol. The summed E-state index contributed by atoms with van der Waals surface area (Å²) < 4.78 is 33.1. The van der Waals surface area contributed by atoms with Crippen LogP contribution in [-0.2, 0) is 17.1 Å². The Kier molecular flexibility index (Phi) is 3.30. The molecule has 2 aromatic rings. The van der Waals surface area contributed by atoms with Gasteiger partial charge >= 0.3 is 0 Å². The zero-order chi connectivity index (χ0) is 14.0. The van der Waals surface area contributed by atoms with Crippen molar-refractivity contribution in [2.24, 2.45) is 7.05 Å². The van der Waals surface area contributed by atoms with Gasteiger partial charge in [-0.25, -0.2) is 17.8 Å². The minimum atomic E-state index is -3.85. The van der Waals surface area contributed by atoms with E-state index in [1.807, 2.05) is 0 Å². The second kappa shape index (κ2) is 4.76. The fraction of sp³-hybridized carbons (Fsp3) is 0.200. The molecule has 2 rings (SSSR count). The Morgan fingerprint density at radius 1 is 1.42 bits per heavy atom. The number of benzene rings is 1. The topological polar surface area (TPSA) is 112 Å². The van der Waals surface area contributed by atoms with Crippen LogP contribution in [0.2, 0.25) is 0 Å². The molecule has 0 saturated heterocycles. The number of anilines is 2. The third kappa shape index (κ3) is 2.60. The van der Waals surface area contributed by atoms with Crippen molar-refractivity contribution in [3.8, 4) is 5.75 Å². The van der Waals surface area contributed by atoms with Gasteiger partial charge in [0.15, 0.2) is 0 Å². The molecule has 0 aliphatic carbocycles. The second-order valence-electron chi connectivity index (χ2n) is 3.72. The molecule has 1 heterocycles. The van der Waals surface area contributed by atoms with Crippen molar-refractivity contribution < 1.29 is 13.2 Å². The summed E-state index contributed by atoms with van der Waals surface area (Å²) in [5, 5.41) is 3.78. The number of aryl methyl sites for hydroxylation is 1. The lowest BCUT2D eigenvalue weighted by atomic mass is 10.3. The van der Waals surface area contributed by atoms with Crippen molar-refractivity contribution in [3.63, 3.8) is 0 Å². The molecule has 1 aromatic carbocycles. The van der Waals surface area contributed by atoms with Crippen molar-refractivity contribution in [2.75, 3.05) is 17.6 Å². The number of nitrogens with zero attached hydrogens (tertiary/aromatic N) is 3. The smallest absolute Gasteiger partial charge is 0.267 e. The van der Waals surface area contributed by atoms with Gasteiger partial charge in [0.2, 0.25) is 5.95 Å². The Hall–Kier alpha value is -2.29. The first-order valence-electron chi connectivity index (χ1n) is 5.24. The minimum absolute atomic E-state index is 0.0574. The fourth-order valence-corrected chi connectivity index (χ4v) is 2.71. The molecule has 0 aliphatic rings. The average Bonchev–Trinajstić information content (AvgIpc) is 2.74. The van der Waals surface area contributed by atoms with Gasteiger partial charge in [-0.15, -0.1) is 0 Å². The van der Waals surface area contributed by atoms with Gasteiger partial charge in [0, 0.05) is 12.7 Å². The SMILES string of the molecule is COc1ccc(N)cc1S(=O)(=O)Nc1ncnn1C. The second-order valence-corrected chi connectivity index (χ2v) is 5.37. The van der Waals surface area contributed by atoms with Crippen LogP contribution in [0.4, 0.5) is 11.6 Å². The van der Waals surface area contributed by atoms with E-state index < -0.39 is 10.0 Å². The van der Waals surface area contributed by atoms with E-state index in [1.54, 1.807) is 13.1 Å². The zero-order valence-electron chi connectivity index (χ0n) is 10.4. The summed E-state index contributed by atoms with van der Waals surface area (Å²) in [6, 6.07) is 4.36. The molecule has 0 spiro atoms. The fourth-order valence-electron chi connectivity index (χ4n) is 1.47. The van der Waals surface area contributed by atoms with E-state index in [0.29, 0.717) is 5.69 Å². The van der Waals surface area contributed by atoms with Gasteiger partial charge in [0.05, 0.1) is 7.11 Å². The van der Waals surface area contributed by atoms with Crippen molar-refractivity contribution in [1.29, 1.82) is 0 Å². The van der Waals surface area contributed by atoms with E-state index in [1.165, 1.54) is 30.3 Å². The summed E-state index contributed by atoms with van der Waals surface area (Å²) in [6.45, 7) is 0. The average molecular weight is 283 g/mol. The molecular formula is C10H13N5O3S. The van der Waals surface area contributed by atoms with Gasteiger partial charge in [0.25, 0.3) is 10.0 Å². The van der Waals surface area contributed by atoms with Crippen LogP contribution in [0, 0.1) is 0 Å². The van der Waals surface area contributed by atoms with E-state index in [-0.39, 0.29) is 16.6 Å². The Labute approximate surface area is 110 Å². The van der Waals surface area contributed by atoms with Crippen LogP contribution in [0.25, 0.3) is 0 Å². The summed E-state index contributed by atoms with van der Waals surface area (Å²) in [7, 11) is -0.897. The molecule has 9 heteroatoms. The summed E-state index contributed by atoms with van der Waals surface area (Å²) in [4.78, 5) is 3.74. The first-order valence-corrected chi connectivity index (χ1v) is 6.72. The number of nitrogens with one attached hydrogen (secondary N) is 1. The maximum Gasteiger partial charge on any atom is 0.267 e. The molecule has 0 radical (unpaired) electrons. The lowest BCUT2D eigenvalue weighted by molar-refractivity contribution is 0.403. The highest BCUT2D eigenvalue weighted by molar-refractivity contribution is 7.92. The van der Waals surface area contributed by atoms with E-state index in [4.69, 9.17) is 10.5 Å². The molecule has 1 aromatic heterocycles. The molecule has 0 bridgehead atoms. The Balaban J connectivity index is 2.45. The highest BCUT2D eigenvalue weighted by atomic mass is 32.2. The molecule has 0 atom stereocenters. The number of hydrogen-bond donors (Lipinski definition) is 2. The zero-order valence-corrected chi connectivity index (χ0v) is 11.2. The molecule has 0 saturated carbocycles. The first-order chi connectivity index (χ1) is 8.94. The number of sulfonamides is 1. The molecule has 0 fully saturated rings. The number of aromatic nitrogens is 3. The Morgan fingerprint density at radius 3 is 2.74 bits per heavy atom. The quantitative estimate of drug-likeness (QED) is 0.775. The Bertz CT molecular complexity index is 695. The predicted octanol–water partition coefficient (Wildman–Crippen LogP) is 0.207. The summed E-state index contributed by atoms with van der Waals surface area (Å²) in [6.07, 6.45) is 1.24. The third-order valence-electron chi connectivity index (χ3n) is 2.41. The lowest BCUT2D eigenvalue weighted by Crippen LogP contribution is -2.17. The normalized spacial score (nSPS) is 11.3.